The first kappa shape index (κ1) is 20.8. The Morgan fingerprint density at radius 2 is 1.88 bits per heavy atom. The van der Waals surface area contributed by atoms with Gasteiger partial charge in [0, 0.05) is 36.3 Å². The molecule has 0 saturated carbocycles. The number of hydrogen-bond donors (Lipinski definition) is 1. The van der Waals surface area contributed by atoms with Gasteiger partial charge in [0.15, 0.2) is 5.13 Å². The average Bonchev–Trinajstić information content (AvgIpc) is 3.40. The van der Waals surface area contributed by atoms with Crippen molar-refractivity contribution in [1.29, 1.82) is 0 Å². The molecule has 2 atom stereocenters. The van der Waals surface area contributed by atoms with Gasteiger partial charge in [0.2, 0.25) is 0 Å². The van der Waals surface area contributed by atoms with Gasteiger partial charge in [-0.2, -0.15) is 0 Å². The third kappa shape index (κ3) is 4.43. The summed E-state index contributed by atoms with van der Waals surface area (Å²) in [5.74, 6) is -0.165. The molecule has 1 fully saturated rings. The number of aromatic nitrogens is 3. The lowest BCUT2D eigenvalue weighted by Crippen LogP contribution is -2.44. The molecule has 5 rings (SSSR count). The maximum absolute atomic E-state index is 12.7. The summed E-state index contributed by atoms with van der Waals surface area (Å²) in [6.07, 6.45) is 2.24. The van der Waals surface area contributed by atoms with E-state index in [1.165, 1.54) is 11.3 Å². The molecule has 1 aliphatic rings. The van der Waals surface area contributed by atoms with Crippen molar-refractivity contribution in [3.63, 3.8) is 0 Å². The maximum atomic E-state index is 12.7. The van der Waals surface area contributed by atoms with Gasteiger partial charge in [-0.05, 0) is 50.2 Å². The molecule has 164 valence electrons. The van der Waals surface area contributed by atoms with Crippen LogP contribution in [0.4, 0.5) is 5.13 Å². The van der Waals surface area contributed by atoms with Crippen molar-refractivity contribution in [2.45, 2.75) is 32.6 Å². The summed E-state index contributed by atoms with van der Waals surface area (Å²) in [6, 6.07) is 15.5. The van der Waals surface area contributed by atoms with Gasteiger partial charge in [-0.25, -0.2) is 9.97 Å². The maximum Gasteiger partial charge on any atom is 0.257 e. The molecule has 32 heavy (non-hydrogen) atoms. The Labute approximate surface area is 190 Å². The second-order valence-corrected chi connectivity index (χ2v) is 9.06. The predicted octanol–water partition coefficient (Wildman–Crippen LogP) is 4.34. The molecule has 1 aliphatic heterocycles. The fourth-order valence-electron chi connectivity index (χ4n) is 4.19. The smallest absolute Gasteiger partial charge is 0.257 e. The van der Waals surface area contributed by atoms with Gasteiger partial charge in [-0.3, -0.25) is 19.6 Å². The number of fused-ring (bicyclic) bond motifs is 1. The van der Waals surface area contributed by atoms with E-state index in [-0.39, 0.29) is 18.1 Å². The van der Waals surface area contributed by atoms with Crippen molar-refractivity contribution in [2.24, 2.45) is 0 Å². The molecule has 3 heterocycles. The first-order chi connectivity index (χ1) is 15.5. The van der Waals surface area contributed by atoms with Gasteiger partial charge in [-0.15, -0.1) is 11.3 Å². The minimum Gasteiger partial charge on any atom is -0.373 e. The number of benzene rings is 2. The Balaban J connectivity index is 1.24. The summed E-state index contributed by atoms with van der Waals surface area (Å²) in [4.78, 5) is 24.1. The summed E-state index contributed by atoms with van der Waals surface area (Å²) in [5.41, 5.74) is 4.49. The Kier molecular flexibility index (Phi) is 5.73. The highest BCUT2D eigenvalue weighted by molar-refractivity contribution is 7.14. The van der Waals surface area contributed by atoms with Gasteiger partial charge in [0.05, 0.1) is 28.9 Å². The Morgan fingerprint density at radius 1 is 1.12 bits per heavy atom. The van der Waals surface area contributed by atoms with Crippen LogP contribution in [0.5, 0.6) is 0 Å². The first-order valence-electron chi connectivity index (χ1n) is 10.7. The minimum absolute atomic E-state index is 0.165. The molecular weight excluding hydrogens is 422 g/mol. The zero-order chi connectivity index (χ0) is 22.1. The fourth-order valence-corrected chi connectivity index (χ4v) is 4.88. The summed E-state index contributed by atoms with van der Waals surface area (Å²) < 4.78 is 7.80. The zero-order valence-corrected chi connectivity index (χ0v) is 18.9. The summed E-state index contributed by atoms with van der Waals surface area (Å²) in [5, 5.41) is 5.55. The Bertz CT molecular complexity index is 1220. The number of carbonyl (C=O) groups excluding carboxylic acids is 1. The van der Waals surface area contributed by atoms with E-state index in [1.54, 1.807) is 6.33 Å². The van der Waals surface area contributed by atoms with Crippen LogP contribution in [-0.2, 0) is 11.3 Å². The van der Waals surface area contributed by atoms with Crippen molar-refractivity contribution in [1.82, 2.24) is 19.4 Å². The molecular formula is C24H25N5O2S. The van der Waals surface area contributed by atoms with Gasteiger partial charge >= 0.3 is 0 Å². The average molecular weight is 448 g/mol. The number of morpholine rings is 1. The van der Waals surface area contributed by atoms with E-state index >= 15 is 0 Å². The van der Waals surface area contributed by atoms with Crippen molar-refractivity contribution < 1.29 is 9.53 Å². The monoisotopic (exact) mass is 447 g/mol. The summed E-state index contributed by atoms with van der Waals surface area (Å²) in [7, 11) is 0. The van der Waals surface area contributed by atoms with Crippen LogP contribution < -0.4 is 5.32 Å². The fraction of sp³-hybridized carbons (Fsp3) is 0.292. The molecule has 1 amide bonds. The molecule has 7 nitrogen and oxygen atoms in total. The minimum atomic E-state index is -0.165. The van der Waals surface area contributed by atoms with Crippen LogP contribution in [0.25, 0.3) is 16.7 Å². The highest BCUT2D eigenvalue weighted by atomic mass is 32.1. The van der Waals surface area contributed by atoms with Crippen molar-refractivity contribution >= 4 is 33.4 Å². The molecule has 4 aromatic rings. The van der Waals surface area contributed by atoms with E-state index < -0.39 is 0 Å². The lowest BCUT2D eigenvalue weighted by atomic mass is 10.2. The molecule has 0 unspecified atom stereocenters. The van der Waals surface area contributed by atoms with Crippen molar-refractivity contribution in [3.05, 3.63) is 71.5 Å². The normalized spacial score (nSPS) is 19.3. The van der Waals surface area contributed by atoms with Crippen molar-refractivity contribution in [2.75, 3.05) is 18.4 Å². The van der Waals surface area contributed by atoms with E-state index in [0.29, 0.717) is 10.7 Å². The van der Waals surface area contributed by atoms with Gasteiger partial charge in [0.1, 0.15) is 6.33 Å². The van der Waals surface area contributed by atoms with Crippen LogP contribution in [0.3, 0.4) is 0 Å². The van der Waals surface area contributed by atoms with Gasteiger partial charge in [-0.1, -0.05) is 12.1 Å². The lowest BCUT2D eigenvalue weighted by Gasteiger charge is -2.34. The number of amides is 1. The van der Waals surface area contributed by atoms with Crippen LogP contribution in [0, 0.1) is 0 Å². The van der Waals surface area contributed by atoms with E-state index in [2.05, 4.69) is 34.0 Å². The van der Waals surface area contributed by atoms with Crippen LogP contribution >= 0.6 is 11.3 Å². The third-order valence-corrected chi connectivity index (χ3v) is 6.32. The van der Waals surface area contributed by atoms with E-state index in [1.807, 2.05) is 58.5 Å². The SMILES string of the molecule is C[C@H]1CN(Cc2csc(NC(=O)c3ccc(-n4cnc5ccccc54)cc3)n2)C[C@H](C)O1. The second-order valence-electron chi connectivity index (χ2n) is 8.20. The van der Waals surface area contributed by atoms with Crippen LogP contribution in [0.1, 0.15) is 29.9 Å². The highest BCUT2D eigenvalue weighted by Gasteiger charge is 2.23. The predicted molar refractivity (Wildman–Crippen MR) is 126 cm³/mol. The molecule has 2 aromatic carbocycles. The Morgan fingerprint density at radius 3 is 2.66 bits per heavy atom. The Hall–Kier alpha value is -3.07. The molecule has 2 aromatic heterocycles. The molecule has 1 saturated heterocycles. The van der Waals surface area contributed by atoms with Gasteiger partial charge in [0.25, 0.3) is 5.91 Å². The highest BCUT2D eigenvalue weighted by Crippen LogP contribution is 2.21. The lowest BCUT2D eigenvalue weighted by molar-refractivity contribution is -0.0707. The molecule has 8 heteroatoms. The number of thiazole rings is 1. The van der Waals surface area contributed by atoms with E-state index in [0.717, 1.165) is 42.0 Å². The number of rotatable bonds is 5. The first-order valence-corrected chi connectivity index (χ1v) is 11.6. The zero-order valence-electron chi connectivity index (χ0n) is 18.1. The third-order valence-electron chi connectivity index (χ3n) is 5.51. The second kappa shape index (κ2) is 8.82. The number of imidazole rings is 1. The van der Waals surface area contributed by atoms with E-state index in [4.69, 9.17) is 4.74 Å². The number of nitrogens with one attached hydrogen (secondary N) is 1. The molecule has 0 radical (unpaired) electrons. The number of ether oxygens (including phenoxy) is 1. The summed E-state index contributed by atoms with van der Waals surface area (Å²) >= 11 is 1.45. The molecule has 1 N–H and O–H groups in total. The molecule has 0 spiro atoms. The van der Waals surface area contributed by atoms with Crippen molar-refractivity contribution in [3.8, 4) is 5.69 Å². The number of hydrogen-bond acceptors (Lipinski definition) is 6. The number of nitrogens with zero attached hydrogens (tertiary/aromatic N) is 4. The number of para-hydroxylation sites is 2. The number of anilines is 1. The van der Waals surface area contributed by atoms with Crippen LogP contribution in [-0.4, -0.2) is 50.6 Å². The molecule has 0 aliphatic carbocycles. The van der Waals surface area contributed by atoms with Crippen LogP contribution in [0.15, 0.2) is 60.2 Å². The largest absolute Gasteiger partial charge is 0.373 e. The standard InChI is InChI=1S/C24H25N5O2S/c1-16-11-28(12-17(2)31-16)13-19-14-32-24(26-19)27-23(30)18-7-9-20(10-8-18)29-15-25-21-5-3-4-6-22(21)29/h3-10,14-17H,11-13H2,1-2H3,(H,26,27,30)/t16-,17-/m0/s1. The quantitative estimate of drug-likeness (QED) is 0.493. The van der Waals surface area contributed by atoms with Crippen LogP contribution in [0.2, 0.25) is 0 Å². The van der Waals surface area contributed by atoms with Gasteiger partial charge < -0.3 is 4.74 Å². The summed E-state index contributed by atoms with van der Waals surface area (Å²) in [6.45, 7) is 6.73. The number of carbonyl (C=O) groups is 1. The topological polar surface area (TPSA) is 72.3 Å². The molecule has 0 bridgehead atoms. The van der Waals surface area contributed by atoms with E-state index in [9.17, 15) is 4.79 Å².